The summed E-state index contributed by atoms with van der Waals surface area (Å²) in [4.78, 5) is -0.120. The number of hydrogen-bond donors (Lipinski definition) is 2. The van der Waals surface area contributed by atoms with E-state index in [2.05, 4.69) is 20.7 Å². The summed E-state index contributed by atoms with van der Waals surface area (Å²) in [6, 6.07) is 13.2. The van der Waals surface area contributed by atoms with Crippen molar-refractivity contribution in [3.8, 4) is 5.75 Å². The van der Waals surface area contributed by atoms with Gasteiger partial charge < -0.3 is 5.11 Å². The van der Waals surface area contributed by atoms with Gasteiger partial charge in [0.2, 0.25) is 10.0 Å². The van der Waals surface area contributed by atoms with Crippen LogP contribution < -0.4 is 4.72 Å². The van der Waals surface area contributed by atoms with Gasteiger partial charge in [0.1, 0.15) is 10.6 Å². The molecule has 0 heterocycles. The molecule has 2 aromatic carbocycles. The monoisotopic (exact) mass is 341 g/mol. The third-order valence-electron chi connectivity index (χ3n) is 2.51. The molecule has 4 nitrogen and oxygen atoms in total. The maximum Gasteiger partial charge on any atom is 0.244 e. The minimum atomic E-state index is -3.72. The Balaban J connectivity index is 2.17. The number of aromatic hydroxyl groups is 1. The number of hydrogen-bond acceptors (Lipinski definition) is 3. The second kappa shape index (κ2) is 5.73. The second-order valence-electron chi connectivity index (χ2n) is 3.92. The minimum Gasteiger partial charge on any atom is -0.507 e. The number of sulfonamides is 1. The molecule has 0 spiro atoms. The average Bonchev–Trinajstić information content (AvgIpc) is 2.37. The molecule has 0 bridgehead atoms. The summed E-state index contributed by atoms with van der Waals surface area (Å²) in [5.74, 6) is -0.260. The Morgan fingerprint density at radius 2 is 1.84 bits per heavy atom. The third-order valence-corrected chi connectivity index (χ3v) is 4.45. The Morgan fingerprint density at radius 3 is 2.53 bits per heavy atom. The highest BCUT2D eigenvalue weighted by molar-refractivity contribution is 9.10. The number of benzene rings is 2. The number of phenolic OH excluding ortho intramolecular Hbond substituents is 1. The summed E-state index contributed by atoms with van der Waals surface area (Å²) < 4.78 is 27.4. The first-order valence-electron chi connectivity index (χ1n) is 5.51. The second-order valence-corrected chi connectivity index (χ2v) is 6.57. The van der Waals surface area contributed by atoms with Gasteiger partial charge in [-0.1, -0.05) is 40.2 Å². The Kier molecular flexibility index (Phi) is 4.24. The molecule has 0 fully saturated rings. The van der Waals surface area contributed by atoms with Gasteiger partial charge in [0.15, 0.2) is 0 Å². The lowest BCUT2D eigenvalue weighted by molar-refractivity contribution is 0.458. The molecule has 0 radical (unpaired) electrons. The highest BCUT2D eigenvalue weighted by atomic mass is 79.9. The van der Waals surface area contributed by atoms with Crippen LogP contribution >= 0.6 is 15.9 Å². The molecule has 2 N–H and O–H groups in total. The Labute approximate surface area is 120 Å². The molecule has 0 saturated carbocycles. The van der Waals surface area contributed by atoms with Gasteiger partial charge in [-0.2, -0.15) is 0 Å². The van der Waals surface area contributed by atoms with Crippen LogP contribution in [0.5, 0.6) is 5.75 Å². The first-order chi connectivity index (χ1) is 8.99. The highest BCUT2D eigenvalue weighted by Crippen LogP contribution is 2.21. The number of phenols is 1. The van der Waals surface area contributed by atoms with Crippen molar-refractivity contribution in [3.05, 3.63) is 58.6 Å². The predicted octanol–water partition coefficient (Wildman–Crippen LogP) is 2.63. The van der Waals surface area contributed by atoms with Gasteiger partial charge in [-0.05, 0) is 29.8 Å². The molecule has 6 heteroatoms. The number of nitrogens with one attached hydrogen (secondary N) is 1. The molecule has 0 unspecified atom stereocenters. The summed E-state index contributed by atoms with van der Waals surface area (Å²) in [6.07, 6.45) is 0. The van der Waals surface area contributed by atoms with Crippen molar-refractivity contribution in [3.63, 3.8) is 0 Å². The van der Waals surface area contributed by atoms with Crippen LogP contribution in [0.4, 0.5) is 0 Å². The van der Waals surface area contributed by atoms with E-state index in [0.717, 1.165) is 10.0 Å². The van der Waals surface area contributed by atoms with E-state index in [4.69, 9.17) is 0 Å². The molecule has 0 saturated heterocycles. The molecule has 0 amide bonds. The molecule has 0 aliphatic heterocycles. The largest absolute Gasteiger partial charge is 0.507 e. The summed E-state index contributed by atoms with van der Waals surface area (Å²) in [7, 11) is -3.72. The SMILES string of the molecule is O=S(=O)(NCc1cccc(Br)c1)c1ccccc1O. The standard InChI is InChI=1S/C13H12BrNO3S/c14-11-5-3-4-10(8-11)9-15-19(17,18)13-7-2-1-6-12(13)16/h1-8,15-16H,9H2. The summed E-state index contributed by atoms with van der Waals surface area (Å²) >= 11 is 3.32. The summed E-state index contributed by atoms with van der Waals surface area (Å²) in [5, 5.41) is 9.56. The van der Waals surface area contributed by atoms with Crippen LogP contribution in [-0.4, -0.2) is 13.5 Å². The zero-order valence-corrected chi connectivity index (χ0v) is 12.3. The van der Waals surface area contributed by atoms with Crippen LogP contribution in [0.1, 0.15) is 5.56 Å². The fourth-order valence-corrected chi connectivity index (χ4v) is 3.15. The van der Waals surface area contributed by atoms with Gasteiger partial charge in [-0.15, -0.1) is 0 Å². The Hall–Kier alpha value is -1.37. The van der Waals surface area contributed by atoms with Crippen molar-refractivity contribution < 1.29 is 13.5 Å². The number of halogens is 1. The van der Waals surface area contributed by atoms with Crippen molar-refractivity contribution in [2.24, 2.45) is 0 Å². The van der Waals surface area contributed by atoms with Crippen LogP contribution in [0, 0.1) is 0 Å². The lowest BCUT2D eigenvalue weighted by Gasteiger charge is -2.08. The van der Waals surface area contributed by atoms with Gasteiger partial charge >= 0.3 is 0 Å². The van der Waals surface area contributed by atoms with E-state index in [1.807, 2.05) is 24.3 Å². The van der Waals surface area contributed by atoms with Crippen LogP contribution in [-0.2, 0) is 16.6 Å². The molecule has 0 aliphatic carbocycles. The first-order valence-corrected chi connectivity index (χ1v) is 7.79. The molecule has 0 aromatic heterocycles. The summed E-state index contributed by atoms with van der Waals surface area (Å²) in [5.41, 5.74) is 0.827. The molecule has 0 atom stereocenters. The van der Waals surface area contributed by atoms with Crippen LogP contribution in [0.2, 0.25) is 0 Å². The van der Waals surface area contributed by atoms with Crippen molar-refractivity contribution in [1.29, 1.82) is 0 Å². The van der Waals surface area contributed by atoms with E-state index in [1.165, 1.54) is 12.1 Å². The molecule has 19 heavy (non-hydrogen) atoms. The number of rotatable bonds is 4. The first kappa shape index (κ1) is 14.0. The summed E-state index contributed by atoms with van der Waals surface area (Å²) in [6.45, 7) is 0.163. The van der Waals surface area contributed by atoms with E-state index in [-0.39, 0.29) is 17.2 Å². The van der Waals surface area contributed by atoms with E-state index < -0.39 is 10.0 Å². The molecular weight excluding hydrogens is 330 g/mol. The van der Waals surface area contributed by atoms with E-state index in [0.29, 0.717) is 0 Å². The lowest BCUT2D eigenvalue weighted by atomic mass is 10.2. The van der Waals surface area contributed by atoms with Crippen LogP contribution in [0.15, 0.2) is 57.9 Å². The van der Waals surface area contributed by atoms with Crippen LogP contribution in [0.25, 0.3) is 0 Å². The van der Waals surface area contributed by atoms with Gasteiger partial charge in [0.05, 0.1) is 0 Å². The highest BCUT2D eigenvalue weighted by Gasteiger charge is 2.17. The average molecular weight is 342 g/mol. The molecule has 0 aliphatic rings. The van der Waals surface area contributed by atoms with Crippen molar-refractivity contribution in [2.75, 3.05) is 0 Å². The number of para-hydroxylation sites is 1. The van der Waals surface area contributed by atoms with Gasteiger partial charge in [0.25, 0.3) is 0 Å². The molecule has 2 aromatic rings. The normalized spacial score (nSPS) is 11.4. The van der Waals surface area contributed by atoms with E-state index >= 15 is 0 Å². The lowest BCUT2D eigenvalue weighted by Crippen LogP contribution is -2.23. The maximum atomic E-state index is 12.0. The zero-order valence-electron chi connectivity index (χ0n) is 9.88. The maximum absolute atomic E-state index is 12.0. The van der Waals surface area contributed by atoms with Gasteiger partial charge in [-0.25, -0.2) is 13.1 Å². The zero-order chi connectivity index (χ0) is 13.9. The molecular formula is C13H12BrNO3S. The van der Waals surface area contributed by atoms with Crippen LogP contribution in [0.3, 0.4) is 0 Å². The van der Waals surface area contributed by atoms with Crippen molar-refractivity contribution in [1.82, 2.24) is 4.72 Å². The minimum absolute atomic E-state index is 0.120. The predicted molar refractivity (Wildman–Crippen MR) is 76.3 cm³/mol. The van der Waals surface area contributed by atoms with E-state index in [1.54, 1.807) is 12.1 Å². The quantitative estimate of drug-likeness (QED) is 0.898. The van der Waals surface area contributed by atoms with Crippen molar-refractivity contribution >= 4 is 26.0 Å². The van der Waals surface area contributed by atoms with Gasteiger partial charge in [0, 0.05) is 11.0 Å². The molecule has 2 rings (SSSR count). The third kappa shape index (κ3) is 3.56. The topological polar surface area (TPSA) is 66.4 Å². The Bertz CT molecular complexity index is 686. The van der Waals surface area contributed by atoms with E-state index in [9.17, 15) is 13.5 Å². The fraction of sp³-hybridized carbons (Fsp3) is 0.0769. The fourth-order valence-electron chi connectivity index (χ4n) is 1.59. The van der Waals surface area contributed by atoms with Crippen molar-refractivity contribution in [2.45, 2.75) is 11.4 Å². The Morgan fingerprint density at radius 1 is 1.11 bits per heavy atom. The van der Waals surface area contributed by atoms with Gasteiger partial charge in [-0.3, -0.25) is 0 Å². The smallest absolute Gasteiger partial charge is 0.244 e. The molecule has 100 valence electrons.